The van der Waals surface area contributed by atoms with E-state index in [1.807, 2.05) is 17.8 Å². The molecule has 0 amide bonds. The fraction of sp³-hybridized carbons (Fsp3) is 0.417. The Balaban J connectivity index is 2.49. The maximum Gasteiger partial charge on any atom is 0.293 e. The third-order valence-electron chi connectivity index (χ3n) is 3.39. The Morgan fingerprint density at radius 2 is 2.17 bits per heavy atom. The quantitative estimate of drug-likeness (QED) is 0.599. The number of carbonyl (C=O) groups is 1. The van der Waals surface area contributed by atoms with Crippen molar-refractivity contribution in [2.24, 2.45) is 0 Å². The largest absolute Gasteiger partial charge is 0.333 e. The highest BCUT2D eigenvalue weighted by Gasteiger charge is 2.27. The molecule has 1 aliphatic rings. The SMILES string of the molecule is C[C@H]1c2cccc(S(C)(=O)=O)c2CCN1[B]C=O. The van der Waals surface area contributed by atoms with Crippen molar-refractivity contribution in [3.05, 3.63) is 29.3 Å². The van der Waals surface area contributed by atoms with Crippen molar-refractivity contribution in [3.63, 3.8) is 0 Å². The summed E-state index contributed by atoms with van der Waals surface area (Å²) < 4.78 is 23.5. The van der Waals surface area contributed by atoms with Gasteiger partial charge >= 0.3 is 0 Å². The average molecular weight is 264 g/mol. The first-order valence-electron chi connectivity index (χ1n) is 5.81. The molecular formula is C12H15BNO3S. The first kappa shape index (κ1) is 13.3. The van der Waals surface area contributed by atoms with Crippen molar-refractivity contribution in [2.45, 2.75) is 24.3 Å². The summed E-state index contributed by atoms with van der Waals surface area (Å²) >= 11 is 0. The molecule has 0 fully saturated rings. The molecule has 0 aliphatic carbocycles. The van der Waals surface area contributed by atoms with Gasteiger partial charge in [-0.15, -0.1) is 0 Å². The molecule has 1 aromatic rings. The summed E-state index contributed by atoms with van der Waals surface area (Å²) in [5.74, 6) is 0. The fourth-order valence-electron chi connectivity index (χ4n) is 2.48. The average Bonchev–Trinajstić information content (AvgIpc) is 2.31. The molecule has 1 atom stereocenters. The topological polar surface area (TPSA) is 54.5 Å². The van der Waals surface area contributed by atoms with E-state index in [9.17, 15) is 13.2 Å². The minimum Gasteiger partial charge on any atom is -0.333 e. The number of hydrogen-bond donors (Lipinski definition) is 0. The van der Waals surface area contributed by atoms with Crippen molar-refractivity contribution >= 4 is 23.4 Å². The van der Waals surface area contributed by atoms with E-state index in [1.165, 1.54) is 13.7 Å². The molecule has 1 aromatic carbocycles. The second-order valence-corrected chi connectivity index (χ2v) is 6.53. The van der Waals surface area contributed by atoms with E-state index in [2.05, 4.69) is 0 Å². The molecule has 1 aliphatic heterocycles. The predicted molar refractivity (Wildman–Crippen MR) is 70.9 cm³/mol. The third kappa shape index (κ3) is 2.35. The highest BCUT2D eigenvalue weighted by molar-refractivity contribution is 7.90. The van der Waals surface area contributed by atoms with Gasteiger partial charge in [0.1, 0.15) is 0 Å². The van der Waals surface area contributed by atoms with E-state index in [4.69, 9.17) is 0 Å². The van der Waals surface area contributed by atoms with Gasteiger partial charge in [-0.25, -0.2) is 8.42 Å². The zero-order valence-electron chi connectivity index (χ0n) is 10.5. The summed E-state index contributed by atoms with van der Waals surface area (Å²) in [5, 5.41) is 0. The second kappa shape index (κ2) is 4.86. The van der Waals surface area contributed by atoms with Crippen molar-refractivity contribution in [3.8, 4) is 0 Å². The molecule has 0 bridgehead atoms. The number of fused-ring (bicyclic) bond motifs is 1. The first-order valence-corrected chi connectivity index (χ1v) is 7.70. The van der Waals surface area contributed by atoms with Crippen LogP contribution in [-0.2, 0) is 21.1 Å². The fourth-order valence-corrected chi connectivity index (χ4v) is 3.48. The van der Waals surface area contributed by atoms with Crippen molar-refractivity contribution in [2.75, 3.05) is 12.8 Å². The van der Waals surface area contributed by atoms with E-state index in [0.29, 0.717) is 17.9 Å². The molecule has 0 saturated carbocycles. The molecule has 4 nitrogen and oxygen atoms in total. The van der Waals surface area contributed by atoms with Crippen LogP contribution >= 0.6 is 0 Å². The van der Waals surface area contributed by atoms with Crippen LogP contribution in [0.1, 0.15) is 24.1 Å². The van der Waals surface area contributed by atoms with Crippen LogP contribution in [0.3, 0.4) is 0 Å². The van der Waals surface area contributed by atoms with Crippen LogP contribution in [-0.4, -0.2) is 39.6 Å². The number of nitrogens with zero attached hydrogens (tertiary/aromatic N) is 1. The van der Waals surface area contributed by atoms with E-state index in [0.717, 1.165) is 17.3 Å². The van der Waals surface area contributed by atoms with Crippen LogP contribution in [0.15, 0.2) is 23.1 Å². The van der Waals surface area contributed by atoms with Gasteiger partial charge in [-0.1, -0.05) is 12.1 Å². The normalized spacial score (nSPS) is 20.2. The van der Waals surface area contributed by atoms with Gasteiger partial charge in [0.05, 0.1) is 11.1 Å². The molecule has 6 heteroatoms. The van der Waals surface area contributed by atoms with E-state index in [1.54, 1.807) is 12.1 Å². The Bertz CT molecular complexity index is 571. The molecule has 0 spiro atoms. The van der Waals surface area contributed by atoms with Gasteiger partial charge in [0, 0.05) is 12.3 Å². The molecule has 95 valence electrons. The van der Waals surface area contributed by atoms with Gasteiger partial charge in [-0.05, 0) is 37.1 Å². The molecule has 0 unspecified atom stereocenters. The standard InChI is InChI=1S/C12H15BNO3S/c1-9-10-4-3-5-12(18(2,16)17)11(10)6-7-14(9)13-8-15/h3-5,8-9H,6-7H2,1-2H3/t9-/m0/s1. The highest BCUT2D eigenvalue weighted by Crippen LogP contribution is 2.32. The number of hydrogen-bond acceptors (Lipinski definition) is 4. The molecule has 18 heavy (non-hydrogen) atoms. The predicted octanol–water partition coefficient (Wildman–Crippen LogP) is 0.819. The van der Waals surface area contributed by atoms with Gasteiger partial charge in [0.25, 0.3) is 7.41 Å². The zero-order chi connectivity index (χ0) is 13.3. The molecule has 0 aromatic heterocycles. The Morgan fingerprint density at radius 3 is 2.78 bits per heavy atom. The Labute approximate surface area is 108 Å². The van der Waals surface area contributed by atoms with Crippen molar-refractivity contribution in [1.82, 2.24) is 4.81 Å². The van der Waals surface area contributed by atoms with Crippen molar-refractivity contribution in [1.29, 1.82) is 0 Å². The van der Waals surface area contributed by atoms with Gasteiger partial charge < -0.3 is 9.61 Å². The van der Waals surface area contributed by atoms with Crippen LogP contribution in [0.2, 0.25) is 0 Å². The van der Waals surface area contributed by atoms with Gasteiger partial charge in [0.2, 0.25) is 0 Å². The Morgan fingerprint density at radius 1 is 1.44 bits per heavy atom. The Kier molecular flexibility index (Phi) is 3.59. The third-order valence-corrected chi connectivity index (χ3v) is 4.57. The van der Waals surface area contributed by atoms with E-state index < -0.39 is 9.84 Å². The van der Waals surface area contributed by atoms with E-state index in [-0.39, 0.29) is 6.04 Å². The maximum atomic E-state index is 11.7. The lowest BCUT2D eigenvalue weighted by atomic mass is 9.84. The van der Waals surface area contributed by atoms with Crippen LogP contribution in [0.4, 0.5) is 0 Å². The molecule has 2 rings (SSSR count). The molecule has 0 N–H and O–H groups in total. The minimum atomic E-state index is -3.20. The van der Waals surface area contributed by atoms with E-state index >= 15 is 0 Å². The Hall–Kier alpha value is -1.14. The highest BCUT2D eigenvalue weighted by atomic mass is 32.2. The van der Waals surface area contributed by atoms with Crippen LogP contribution < -0.4 is 0 Å². The summed E-state index contributed by atoms with van der Waals surface area (Å²) in [6, 6.07) is 5.37. The smallest absolute Gasteiger partial charge is 0.293 e. The lowest BCUT2D eigenvalue weighted by Crippen LogP contribution is -2.38. The number of rotatable bonds is 3. The lowest BCUT2D eigenvalue weighted by Gasteiger charge is -2.34. The monoisotopic (exact) mass is 264 g/mol. The molecule has 1 heterocycles. The van der Waals surface area contributed by atoms with Crippen LogP contribution in [0.5, 0.6) is 0 Å². The second-order valence-electron chi connectivity index (χ2n) is 4.55. The molecular weight excluding hydrogens is 249 g/mol. The van der Waals surface area contributed by atoms with Crippen LogP contribution in [0, 0.1) is 0 Å². The van der Waals surface area contributed by atoms with Gasteiger partial charge in [-0.2, -0.15) is 0 Å². The lowest BCUT2D eigenvalue weighted by molar-refractivity contribution is 0.340. The number of benzene rings is 1. The van der Waals surface area contributed by atoms with Gasteiger partial charge in [-0.3, -0.25) is 0 Å². The summed E-state index contributed by atoms with van der Waals surface area (Å²) in [5.41, 5.74) is 1.88. The van der Waals surface area contributed by atoms with Crippen molar-refractivity contribution < 1.29 is 13.2 Å². The van der Waals surface area contributed by atoms with Gasteiger partial charge in [0.15, 0.2) is 9.84 Å². The number of carbonyl (C=O) groups excluding carboxylic acids is 1. The summed E-state index contributed by atoms with van der Waals surface area (Å²) in [7, 11) is -1.68. The number of sulfone groups is 1. The maximum absolute atomic E-state index is 11.7. The first-order chi connectivity index (χ1) is 8.45. The summed E-state index contributed by atoms with van der Waals surface area (Å²) in [6.07, 6.45) is 2.65. The minimum absolute atomic E-state index is 0.0284. The van der Waals surface area contributed by atoms with Crippen LogP contribution in [0.25, 0.3) is 0 Å². The summed E-state index contributed by atoms with van der Waals surface area (Å²) in [6.45, 7) is 2.64. The zero-order valence-corrected chi connectivity index (χ0v) is 11.3. The molecule has 0 saturated heterocycles. The summed E-state index contributed by atoms with van der Waals surface area (Å²) in [4.78, 5) is 12.9. The molecule has 1 radical (unpaired) electrons.